The van der Waals surface area contributed by atoms with Crippen molar-refractivity contribution in [3.05, 3.63) is 126 Å². The smallest absolute Gasteiger partial charge is 0.0547 e. The van der Waals surface area contributed by atoms with Crippen molar-refractivity contribution < 1.29 is 0 Å². The van der Waals surface area contributed by atoms with Gasteiger partial charge in [-0.05, 0) is 63.7 Å². The fraction of sp³-hybridized carbons (Fsp3) is 0.0909. The zero-order valence-corrected chi connectivity index (χ0v) is 19.4. The third kappa shape index (κ3) is 2.61. The molecule has 0 bridgehead atoms. The van der Waals surface area contributed by atoms with Gasteiger partial charge in [-0.15, -0.1) is 0 Å². The van der Waals surface area contributed by atoms with E-state index in [1.54, 1.807) is 0 Å². The van der Waals surface area contributed by atoms with Crippen LogP contribution in [0.2, 0.25) is 0 Å². The highest BCUT2D eigenvalue weighted by atomic mass is 15.0. The number of nitrogens with zero attached hydrogens (tertiary/aromatic N) is 1. The lowest BCUT2D eigenvalue weighted by Gasteiger charge is -2.22. The molecule has 0 unspecified atom stereocenters. The van der Waals surface area contributed by atoms with E-state index < -0.39 is 0 Å². The van der Waals surface area contributed by atoms with Crippen LogP contribution < -0.4 is 0 Å². The second-order valence-corrected chi connectivity index (χ2v) is 9.85. The first-order chi connectivity index (χ1) is 16.6. The van der Waals surface area contributed by atoms with Gasteiger partial charge in [-0.2, -0.15) is 0 Å². The van der Waals surface area contributed by atoms with Crippen molar-refractivity contribution in [1.29, 1.82) is 0 Å². The van der Waals surface area contributed by atoms with Crippen molar-refractivity contribution >= 4 is 21.8 Å². The molecule has 1 heterocycles. The Balaban J connectivity index is 1.46. The molecular formula is C33H25N. The highest BCUT2D eigenvalue weighted by Crippen LogP contribution is 2.49. The molecule has 7 rings (SSSR count). The van der Waals surface area contributed by atoms with E-state index in [9.17, 15) is 0 Å². The van der Waals surface area contributed by atoms with Crippen molar-refractivity contribution in [2.45, 2.75) is 19.3 Å². The quantitative estimate of drug-likeness (QED) is 0.256. The van der Waals surface area contributed by atoms with Crippen molar-refractivity contribution in [2.24, 2.45) is 0 Å². The van der Waals surface area contributed by atoms with Crippen molar-refractivity contribution in [3.8, 4) is 27.9 Å². The lowest BCUT2D eigenvalue weighted by Crippen LogP contribution is -2.14. The summed E-state index contributed by atoms with van der Waals surface area (Å²) in [6, 6.07) is 42.2. The van der Waals surface area contributed by atoms with Crippen LogP contribution in [0.15, 0.2) is 115 Å². The number of aromatic nitrogens is 1. The Kier molecular flexibility index (Phi) is 3.96. The van der Waals surface area contributed by atoms with Crippen molar-refractivity contribution in [1.82, 2.24) is 4.57 Å². The number of para-hydroxylation sites is 2. The first-order valence-corrected chi connectivity index (χ1v) is 12.0. The average Bonchev–Trinajstić information content (AvgIpc) is 3.33. The summed E-state index contributed by atoms with van der Waals surface area (Å²) in [5, 5.41) is 2.58. The van der Waals surface area contributed by atoms with Gasteiger partial charge < -0.3 is 4.57 Å². The van der Waals surface area contributed by atoms with Crippen LogP contribution in [0.5, 0.6) is 0 Å². The topological polar surface area (TPSA) is 4.93 Å². The van der Waals surface area contributed by atoms with Gasteiger partial charge in [0.1, 0.15) is 0 Å². The first-order valence-electron chi connectivity index (χ1n) is 12.0. The molecule has 6 aromatic rings. The number of fused-ring (bicyclic) bond motifs is 6. The number of benzene rings is 5. The maximum absolute atomic E-state index is 2.41. The van der Waals surface area contributed by atoms with Gasteiger partial charge in [-0.1, -0.05) is 98.8 Å². The molecule has 1 aromatic heterocycles. The Labute approximate surface area is 199 Å². The molecule has 0 N–H and O–H groups in total. The number of rotatable bonds is 2. The van der Waals surface area contributed by atoms with Crippen LogP contribution in [-0.4, -0.2) is 4.57 Å². The minimum atomic E-state index is 0.00493. The van der Waals surface area contributed by atoms with E-state index in [1.165, 1.54) is 60.9 Å². The van der Waals surface area contributed by atoms with E-state index in [-0.39, 0.29) is 5.41 Å². The molecule has 162 valence electrons. The molecule has 0 amide bonds. The maximum Gasteiger partial charge on any atom is 0.0547 e. The third-order valence-corrected chi connectivity index (χ3v) is 7.60. The maximum atomic E-state index is 2.41. The second-order valence-electron chi connectivity index (χ2n) is 9.85. The Bertz CT molecular complexity index is 1720. The van der Waals surface area contributed by atoms with E-state index >= 15 is 0 Å². The van der Waals surface area contributed by atoms with Crippen LogP contribution in [0, 0.1) is 0 Å². The van der Waals surface area contributed by atoms with E-state index in [4.69, 9.17) is 0 Å². The van der Waals surface area contributed by atoms with Gasteiger partial charge in [0.15, 0.2) is 0 Å². The summed E-state index contributed by atoms with van der Waals surface area (Å²) in [4.78, 5) is 0. The van der Waals surface area contributed by atoms with Gasteiger partial charge in [-0.25, -0.2) is 0 Å². The first kappa shape index (κ1) is 19.4. The van der Waals surface area contributed by atoms with E-state index in [1.807, 2.05) is 0 Å². The average molecular weight is 436 g/mol. The van der Waals surface area contributed by atoms with E-state index in [0.717, 1.165) is 0 Å². The SMILES string of the molecule is CC1(C)c2ccccc2-c2ccc(-c3ccc4c5ccccc5n(-c5ccccc5)c4c3)cc21. The molecule has 0 saturated heterocycles. The monoisotopic (exact) mass is 435 g/mol. The van der Waals surface area contributed by atoms with Gasteiger partial charge in [0.25, 0.3) is 0 Å². The molecule has 1 heteroatoms. The van der Waals surface area contributed by atoms with Crippen LogP contribution in [0.25, 0.3) is 49.7 Å². The molecule has 1 aliphatic rings. The zero-order valence-electron chi connectivity index (χ0n) is 19.4. The summed E-state index contributed by atoms with van der Waals surface area (Å²) in [6.07, 6.45) is 0. The summed E-state index contributed by atoms with van der Waals surface area (Å²) in [5.41, 5.74) is 11.8. The number of hydrogen-bond donors (Lipinski definition) is 0. The third-order valence-electron chi connectivity index (χ3n) is 7.60. The van der Waals surface area contributed by atoms with E-state index in [0.29, 0.717) is 0 Å². The molecule has 0 fully saturated rings. The van der Waals surface area contributed by atoms with Crippen molar-refractivity contribution in [2.75, 3.05) is 0 Å². The summed E-state index contributed by atoms with van der Waals surface area (Å²) in [5.74, 6) is 0. The largest absolute Gasteiger partial charge is 0.309 e. The van der Waals surface area contributed by atoms with Gasteiger partial charge in [0.05, 0.1) is 11.0 Å². The molecular weight excluding hydrogens is 410 g/mol. The Morgan fingerprint density at radius 1 is 0.500 bits per heavy atom. The molecule has 1 nitrogen and oxygen atoms in total. The Morgan fingerprint density at radius 3 is 2.03 bits per heavy atom. The predicted molar refractivity (Wildman–Crippen MR) is 144 cm³/mol. The molecule has 0 radical (unpaired) electrons. The standard InChI is InChI=1S/C33H25N/c1-33(2)29-14-8-6-12-25(29)26-18-16-22(20-30(26)33)23-17-19-28-27-13-7-9-15-31(27)34(32(28)21-23)24-10-4-3-5-11-24/h3-21H,1-2H3. The molecule has 0 aliphatic heterocycles. The predicted octanol–water partition coefficient (Wildman–Crippen LogP) is 8.76. The molecule has 5 aromatic carbocycles. The second kappa shape index (κ2) is 6.95. The normalized spacial score (nSPS) is 13.8. The highest BCUT2D eigenvalue weighted by Gasteiger charge is 2.35. The molecule has 0 saturated carbocycles. The fourth-order valence-corrected chi connectivity index (χ4v) is 5.89. The van der Waals surface area contributed by atoms with Gasteiger partial charge in [0.2, 0.25) is 0 Å². The van der Waals surface area contributed by atoms with Crippen LogP contribution in [0.1, 0.15) is 25.0 Å². The van der Waals surface area contributed by atoms with E-state index in [2.05, 4.69) is 134 Å². The molecule has 1 aliphatic carbocycles. The van der Waals surface area contributed by atoms with Crippen LogP contribution in [-0.2, 0) is 5.41 Å². The molecule has 0 spiro atoms. The highest BCUT2D eigenvalue weighted by molar-refractivity contribution is 6.10. The van der Waals surface area contributed by atoms with Crippen LogP contribution in [0.4, 0.5) is 0 Å². The Morgan fingerprint density at radius 2 is 1.15 bits per heavy atom. The van der Waals surface area contributed by atoms with Gasteiger partial charge in [0, 0.05) is 21.9 Å². The van der Waals surface area contributed by atoms with Crippen molar-refractivity contribution in [3.63, 3.8) is 0 Å². The molecule has 0 atom stereocenters. The summed E-state index contributed by atoms with van der Waals surface area (Å²) < 4.78 is 2.39. The summed E-state index contributed by atoms with van der Waals surface area (Å²) >= 11 is 0. The number of hydrogen-bond acceptors (Lipinski definition) is 0. The lowest BCUT2D eigenvalue weighted by molar-refractivity contribution is 0.660. The summed E-state index contributed by atoms with van der Waals surface area (Å²) in [7, 11) is 0. The van der Waals surface area contributed by atoms with Gasteiger partial charge >= 0.3 is 0 Å². The van der Waals surface area contributed by atoms with Gasteiger partial charge in [-0.3, -0.25) is 0 Å². The van der Waals surface area contributed by atoms with Crippen LogP contribution >= 0.6 is 0 Å². The zero-order chi connectivity index (χ0) is 22.9. The van der Waals surface area contributed by atoms with Crippen LogP contribution in [0.3, 0.4) is 0 Å². The Hall–Kier alpha value is -4.10. The summed E-state index contributed by atoms with van der Waals surface area (Å²) in [6.45, 7) is 4.69. The minimum absolute atomic E-state index is 0.00493. The molecule has 34 heavy (non-hydrogen) atoms. The lowest BCUT2D eigenvalue weighted by atomic mass is 9.81. The minimum Gasteiger partial charge on any atom is -0.309 e. The fourth-order valence-electron chi connectivity index (χ4n) is 5.89.